The van der Waals surface area contributed by atoms with E-state index in [-0.39, 0.29) is 26.2 Å². The predicted molar refractivity (Wildman–Crippen MR) is 80.9 cm³/mol. The summed E-state index contributed by atoms with van der Waals surface area (Å²) in [5, 5.41) is 13.5. The Kier molecular flexibility index (Phi) is 6.31. The Bertz CT molecular complexity index is 540. The minimum Gasteiger partial charge on any atom is -0.361 e. The molecule has 0 unspecified atom stereocenters. The van der Waals surface area contributed by atoms with Crippen LogP contribution < -0.4 is 0 Å². The van der Waals surface area contributed by atoms with E-state index < -0.39 is 5.03 Å². The van der Waals surface area contributed by atoms with Crippen LogP contribution in [-0.4, -0.2) is 52.6 Å². The Morgan fingerprint density at radius 1 is 1.59 bits per heavy atom. The molecule has 0 N–H and O–H groups in total. The number of hydrogen-bond donors (Lipinski definition) is 0. The average Bonchev–Trinajstić information content (AvgIpc) is 2.87. The summed E-state index contributed by atoms with van der Waals surface area (Å²) in [6, 6.07) is 0. The van der Waals surface area contributed by atoms with Crippen molar-refractivity contribution in [2.75, 3.05) is 26.8 Å². The van der Waals surface area contributed by atoms with Crippen LogP contribution in [0.2, 0.25) is 4.47 Å². The molecule has 0 atom stereocenters. The monoisotopic (exact) mass is 349 g/mol. The summed E-state index contributed by atoms with van der Waals surface area (Å²) in [5.74, 6) is 0.205. The van der Waals surface area contributed by atoms with Gasteiger partial charge in [0.1, 0.15) is 25.3 Å². The third kappa shape index (κ3) is 4.77. The van der Waals surface area contributed by atoms with Gasteiger partial charge >= 0.3 is 0 Å². The van der Waals surface area contributed by atoms with Crippen molar-refractivity contribution in [2.45, 2.75) is 19.9 Å². The molecule has 1 aliphatic heterocycles. The first kappa shape index (κ1) is 16.9. The van der Waals surface area contributed by atoms with Crippen LogP contribution in [0.4, 0.5) is 0 Å². The molecule has 122 valence electrons. The van der Waals surface area contributed by atoms with Gasteiger partial charge in [0.05, 0.1) is 6.54 Å². The molecule has 0 amide bonds. The highest BCUT2D eigenvalue weighted by molar-refractivity contribution is 7.15. The summed E-state index contributed by atoms with van der Waals surface area (Å²) in [6.45, 7) is 3.50. The maximum Gasteiger partial charge on any atom is 0.279 e. The second kappa shape index (κ2) is 8.22. The highest BCUT2D eigenvalue weighted by Gasteiger charge is 2.28. The van der Waals surface area contributed by atoms with Crippen molar-refractivity contribution in [1.82, 2.24) is 14.8 Å². The number of rotatable bonds is 7. The number of hydrogen-bond acceptors (Lipinski definition) is 6. The van der Waals surface area contributed by atoms with E-state index in [1.165, 1.54) is 11.3 Å². The van der Waals surface area contributed by atoms with Crippen LogP contribution in [0.5, 0.6) is 0 Å². The third-order valence-electron chi connectivity index (χ3n) is 2.70. The van der Waals surface area contributed by atoms with Crippen molar-refractivity contribution >= 4 is 28.9 Å². The normalized spacial score (nSPS) is 17.3. The van der Waals surface area contributed by atoms with Crippen LogP contribution in [0.15, 0.2) is 11.3 Å². The van der Waals surface area contributed by atoms with Gasteiger partial charge in [-0.25, -0.2) is 15.1 Å². The molecule has 22 heavy (non-hydrogen) atoms. The van der Waals surface area contributed by atoms with Gasteiger partial charge in [-0.3, -0.25) is 4.90 Å². The van der Waals surface area contributed by atoms with Gasteiger partial charge in [-0.2, -0.15) is 0 Å². The predicted octanol–water partition coefficient (Wildman–Crippen LogP) is 1.78. The average molecular weight is 350 g/mol. The van der Waals surface area contributed by atoms with Crippen LogP contribution in [0.1, 0.15) is 18.2 Å². The molecule has 2 heterocycles. The number of guanidine groups is 1. The molecule has 0 spiro atoms. The first-order valence-corrected chi connectivity index (χ1v) is 7.78. The number of ether oxygens (including phenoxy) is 2. The lowest BCUT2D eigenvalue weighted by molar-refractivity contribution is -0.487. The van der Waals surface area contributed by atoms with Gasteiger partial charge in [0.15, 0.2) is 9.50 Å². The van der Waals surface area contributed by atoms with E-state index >= 15 is 0 Å². The second-order valence-electron chi connectivity index (χ2n) is 4.45. The molecule has 0 aliphatic carbocycles. The Labute approximate surface area is 136 Å². The van der Waals surface area contributed by atoms with Crippen molar-refractivity contribution < 1.29 is 14.5 Å². The zero-order valence-corrected chi connectivity index (χ0v) is 13.5. The largest absolute Gasteiger partial charge is 0.361 e. The third-order valence-corrected chi connectivity index (χ3v) is 3.80. The topological polar surface area (TPSA) is 93.3 Å². The van der Waals surface area contributed by atoms with Gasteiger partial charge in [-0.05, 0) is 6.42 Å². The number of halogens is 1. The van der Waals surface area contributed by atoms with Crippen LogP contribution in [0.25, 0.3) is 0 Å². The Morgan fingerprint density at radius 3 is 3.00 bits per heavy atom. The molecule has 11 heteroatoms. The van der Waals surface area contributed by atoms with Crippen molar-refractivity contribution in [3.8, 4) is 0 Å². The SMILES string of the molecule is CCCOCN1COCN(Cc2cnc(Cl)s2)/C1=N/[N+](=O)[O-]. The number of thiazole rings is 1. The fraction of sp³-hybridized carbons (Fsp3) is 0.636. The van der Waals surface area contributed by atoms with E-state index in [9.17, 15) is 10.1 Å². The highest BCUT2D eigenvalue weighted by Crippen LogP contribution is 2.21. The minimum atomic E-state index is -0.722. The molecule has 2 rings (SSSR count). The summed E-state index contributed by atoms with van der Waals surface area (Å²) < 4.78 is 11.3. The fourth-order valence-electron chi connectivity index (χ4n) is 1.85. The molecule has 1 aromatic rings. The van der Waals surface area contributed by atoms with Crippen LogP contribution >= 0.6 is 22.9 Å². The number of hydrazone groups is 1. The van der Waals surface area contributed by atoms with Crippen LogP contribution in [-0.2, 0) is 16.0 Å². The highest BCUT2D eigenvalue weighted by atomic mass is 35.5. The van der Waals surface area contributed by atoms with E-state index in [1.54, 1.807) is 16.0 Å². The molecule has 1 saturated heterocycles. The molecular formula is C11H16ClN5O4S. The molecule has 0 aromatic carbocycles. The number of nitro groups is 1. The Morgan fingerprint density at radius 2 is 2.36 bits per heavy atom. The number of aromatic nitrogens is 1. The van der Waals surface area contributed by atoms with Crippen molar-refractivity contribution in [2.24, 2.45) is 5.10 Å². The molecular weight excluding hydrogens is 334 g/mol. The maximum absolute atomic E-state index is 10.8. The van der Waals surface area contributed by atoms with E-state index in [0.29, 0.717) is 17.6 Å². The summed E-state index contributed by atoms with van der Waals surface area (Å²) in [7, 11) is 0. The van der Waals surface area contributed by atoms with Gasteiger partial charge in [0, 0.05) is 17.7 Å². The second-order valence-corrected chi connectivity index (χ2v) is 6.15. The van der Waals surface area contributed by atoms with Crippen molar-refractivity contribution in [3.05, 3.63) is 25.7 Å². The van der Waals surface area contributed by atoms with Gasteiger partial charge in [-0.1, -0.05) is 18.5 Å². The maximum atomic E-state index is 10.8. The first-order chi connectivity index (χ1) is 10.6. The number of nitrogens with zero attached hydrogens (tertiary/aromatic N) is 5. The van der Waals surface area contributed by atoms with Crippen molar-refractivity contribution in [1.29, 1.82) is 0 Å². The lowest BCUT2D eigenvalue weighted by Crippen LogP contribution is -2.52. The minimum absolute atomic E-state index is 0.181. The zero-order chi connectivity index (χ0) is 15.9. The molecule has 0 radical (unpaired) electrons. The van der Waals surface area contributed by atoms with E-state index in [1.807, 2.05) is 6.92 Å². The van der Waals surface area contributed by atoms with Crippen molar-refractivity contribution in [3.63, 3.8) is 0 Å². The summed E-state index contributed by atoms with van der Waals surface area (Å²) in [4.78, 5) is 18.8. The summed E-state index contributed by atoms with van der Waals surface area (Å²) in [6.07, 6.45) is 2.49. The standard InChI is InChI=1S/C11H16ClN5O4S/c1-2-3-20-7-16-8-21-6-15(11(16)14-17(18)19)5-9-4-13-10(12)22-9/h4H,2-3,5-8H2,1H3/b14-11-. The quantitative estimate of drug-likeness (QED) is 0.420. The molecule has 9 nitrogen and oxygen atoms in total. The smallest absolute Gasteiger partial charge is 0.279 e. The first-order valence-electron chi connectivity index (χ1n) is 6.58. The lowest BCUT2D eigenvalue weighted by Gasteiger charge is -2.36. The van der Waals surface area contributed by atoms with Gasteiger partial charge in [0.2, 0.25) is 0 Å². The van der Waals surface area contributed by atoms with Crippen LogP contribution in [0, 0.1) is 10.1 Å². The fourth-order valence-corrected chi connectivity index (χ4v) is 2.85. The van der Waals surface area contributed by atoms with E-state index in [2.05, 4.69) is 10.1 Å². The Balaban J connectivity index is 2.10. The lowest BCUT2D eigenvalue weighted by atomic mass is 10.4. The van der Waals surface area contributed by atoms with Gasteiger partial charge < -0.3 is 14.4 Å². The molecule has 0 bridgehead atoms. The van der Waals surface area contributed by atoms with E-state index in [0.717, 1.165) is 11.3 Å². The summed E-state index contributed by atoms with van der Waals surface area (Å²) in [5.41, 5.74) is 0. The molecule has 0 saturated carbocycles. The summed E-state index contributed by atoms with van der Waals surface area (Å²) >= 11 is 7.11. The molecule has 1 fully saturated rings. The Hall–Kier alpha value is -1.49. The zero-order valence-electron chi connectivity index (χ0n) is 12.0. The van der Waals surface area contributed by atoms with Gasteiger partial charge in [-0.15, -0.1) is 11.3 Å². The van der Waals surface area contributed by atoms with Gasteiger partial charge in [0.25, 0.3) is 5.96 Å². The molecule has 1 aromatic heterocycles. The van der Waals surface area contributed by atoms with Crippen LogP contribution in [0.3, 0.4) is 0 Å². The van der Waals surface area contributed by atoms with E-state index in [4.69, 9.17) is 21.1 Å². The molecule has 1 aliphatic rings.